The van der Waals surface area contributed by atoms with Crippen LogP contribution in [0.2, 0.25) is 5.02 Å². The second-order valence-electron chi connectivity index (χ2n) is 4.05. The average molecular weight is 305 g/mol. The van der Waals surface area contributed by atoms with Crippen molar-refractivity contribution in [2.75, 3.05) is 11.1 Å². The first kappa shape index (κ1) is 12.8. The number of amides is 1. The minimum absolute atomic E-state index is 0.274. The van der Waals surface area contributed by atoms with Crippen molar-refractivity contribution in [3.05, 3.63) is 47.1 Å². The smallest absolute Gasteiger partial charge is 0.257 e. The molecule has 7 heteroatoms. The lowest BCUT2D eigenvalue weighted by molar-refractivity contribution is 0.102. The second kappa shape index (κ2) is 5.07. The highest BCUT2D eigenvalue weighted by molar-refractivity contribution is 7.22. The highest BCUT2D eigenvalue weighted by atomic mass is 35.5. The quantitative estimate of drug-likeness (QED) is 0.762. The van der Waals surface area contributed by atoms with Crippen molar-refractivity contribution < 1.29 is 4.79 Å². The van der Waals surface area contributed by atoms with Crippen LogP contribution in [-0.4, -0.2) is 15.9 Å². The van der Waals surface area contributed by atoms with Crippen LogP contribution in [0.4, 0.5) is 10.9 Å². The molecule has 100 valence electrons. The summed E-state index contributed by atoms with van der Waals surface area (Å²) in [6, 6.07) is 8.50. The van der Waals surface area contributed by atoms with Gasteiger partial charge in [0.15, 0.2) is 5.13 Å². The summed E-state index contributed by atoms with van der Waals surface area (Å²) in [7, 11) is 0. The van der Waals surface area contributed by atoms with Crippen molar-refractivity contribution in [1.82, 2.24) is 9.97 Å². The Morgan fingerprint density at radius 1 is 1.30 bits per heavy atom. The zero-order valence-corrected chi connectivity index (χ0v) is 11.7. The van der Waals surface area contributed by atoms with Gasteiger partial charge in [0.1, 0.15) is 5.82 Å². The summed E-state index contributed by atoms with van der Waals surface area (Å²) in [6.45, 7) is 0. The van der Waals surface area contributed by atoms with Crippen LogP contribution in [-0.2, 0) is 0 Å². The van der Waals surface area contributed by atoms with E-state index >= 15 is 0 Å². The minimum atomic E-state index is -0.274. The lowest BCUT2D eigenvalue weighted by Crippen LogP contribution is -2.12. The van der Waals surface area contributed by atoms with E-state index in [1.165, 1.54) is 23.6 Å². The Hall–Kier alpha value is -2.18. The largest absolute Gasteiger partial charge is 0.384 e. The average Bonchev–Trinajstić information content (AvgIpc) is 2.80. The molecule has 0 aliphatic heterocycles. The van der Waals surface area contributed by atoms with Crippen molar-refractivity contribution in [1.29, 1.82) is 0 Å². The van der Waals surface area contributed by atoms with Crippen LogP contribution >= 0.6 is 22.9 Å². The third-order valence-electron chi connectivity index (χ3n) is 2.61. The van der Waals surface area contributed by atoms with E-state index in [0.29, 0.717) is 21.5 Å². The number of pyridine rings is 1. The fourth-order valence-corrected chi connectivity index (χ4v) is 2.85. The molecule has 0 fully saturated rings. The summed E-state index contributed by atoms with van der Waals surface area (Å²) in [5, 5.41) is 3.89. The number of nitrogens with zero attached hydrogens (tertiary/aromatic N) is 2. The Morgan fingerprint density at radius 2 is 2.15 bits per heavy atom. The number of nitrogens with two attached hydrogens (primary N) is 1. The molecule has 2 aromatic heterocycles. The third-order valence-corrected chi connectivity index (χ3v) is 3.78. The first-order valence-corrected chi connectivity index (χ1v) is 6.90. The fraction of sp³-hybridized carbons (Fsp3) is 0. The summed E-state index contributed by atoms with van der Waals surface area (Å²) in [6.07, 6.45) is 1.49. The molecule has 0 bridgehead atoms. The number of nitrogens with one attached hydrogen (secondary N) is 1. The number of benzene rings is 1. The van der Waals surface area contributed by atoms with Gasteiger partial charge in [-0.1, -0.05) is 22.9 Å². The number of aromatic nitrogens is 2. The molecule has 3 rings (SSSR count). The van der Waals surface area contributed by atoms with Gasteiger partial charge in [0, 0.05) is 16.8 Å². The van der Waals surface area contributed by atoms with Crippen LogP contribution in [0, 0.1) is 0 Å². The number of carbonyl (C=O) groups excluding carboxylic acids is 1. The maximum absolute atomic E-state index is 12.1. The van der Waals surface area contributed by atoms with Crippen molar-refractivity contribution >= 4 is 50.0 Å². The normalized spacial score (nSPS) is 10.7. The summed E-state index contributed by atoms with van der Waals surface area (Å²) in [5.41, 5.74) is 6.78. The molecule has 0 saturated heterocycles. The lowest BCUT2D eigenvalue weighted by Gasteiger charge is -2.01. The Morgan fingerprint density at radius 3 is 2.95 bits per heavy atom. The zero-order chi connectivity index (χ0) is 14.1. The highest BCUT2D eigenvalue weighted by Crippen LogP contribution is 2.28. The standard InChI is InChI=1S/C13H9ClN4OS/c14-8-1-2-9-10(6-8)20-13(17-9)18-12(19)7-3-4-16-11(15)5-7/h1-6H,(H2,15,16)(H,17,18,19). The number of halogens is 1. The number of hydrogen-bond donors (Lipinski definition) is 2. The Balaban J connectivity index is 1.87. The Bertz CT molecular complexity index is 802. The number of anilines is 2. The molecule has 1 aromatic carbocycles. The molecule has 0 radical (unpaired) electrons. The molecule has 3 N–H and O–H groups in total. The van der Waals surface area contributed by atoms with Gasteiger partial charge in [0.05, 0.1) is 10.2 Å². The van der Waals surface area contributed by atoms with Gasteiger partial charge < -0.3 is 5.73 Å². The predicted octanol–water partition coefficient (Wildman–Crippen LogP) is 3.18. The van der Waals surface area contributed by atoms with E-state index in [4.69, 9.17) is 17.3 Å². The lowest BCUT2D eigenvalue weighted by atomic mass is 10.2. The highest BCUT2D eigenvalue weighted by Gasteiger charge is 2.10. The molecule has 20 heavy (non-hydrogen) atoms. The van der Waals surface area contributed by atoms with E-state index in [2.05, 4.69) is 15.3 Å². The van der Waals surface area contributed by atoms with Crippen LogP contribution in [0.25, 0.3) is 10.2 Å². The van der Waals surface area contributed by atoms with E-state index in [1.54, 1.807) is 12.1 Å². The molecule has 0 unspecified atom stereocenters. The number of thiazole rings is 1. The van der Waals surface area contributed by atoms with Gasteiger partial charge in [-0.15, -0.1) is 0 Å². The summed E-state index contributed by atoms with van der Waals surface area (Å²) < 4.78 is 0.919. The van der Waals surface area contributed by atoms with E-state index in [1.807, 2.05) is 12.1 Å². The van der Waals surface area contributed by atoms with Crippen LogP contribution < -0.4 is 11.1 Å². The van der Waals surface area contributed by atoms with Crippen molar-refractivity contribution in [3.63, 3.8) is 0 Å². The van der Waals surface area contributed by atoms with E-state index in [-0.39, 0.29) is 5.91 Å². The molecule has 3 aromatic rings. The molecule has 0 atom stereocenters. The van der Waals surface area contributed by atoms with Gasteiger partial charge in [0.2, 0.25) is 0 Å². The van der Waals surface area contributed by atoms with Crippen LogP contribution in [0.3, 0.4) is 0 Å². The van der Waals surface area contributed by atoms with Crippen molar-refractivity contribution in [2.45, 2.75) is 0 Å². The molecule has 5 nitrogen and oxygen atoms in total. The van der Waals surface area contributed by atoms with Crippen molar-refractivity contribution in [3.8, 4) is 0 Å². The predicted molar refractivity (Wildman–Crippen MR) is 81.2 cm³/mol. The van der Waals surface area contributed by atoms with Gasteiger partial charge in [-0.3, -0.25) is 10.1 Å². The van der Waals surface area contributed by atoms with Gasteiger partial charge in [-0.25, -0.2) is 9.97 Å². The number of hydrogen-bond acceptors (Lipinski definition) is 5. The summed E-state index contributed by atoms with van der Waals surface area (Å²) >= 11 is 7.28. The van der Waals surface area contributed by atoms with Gasteiger partial charge in [-0.05, 0) is 30.3 Å². The molecule has 2 heterocycles. The maximum atomic E-state index is 12.1. The second-order valence-corrected chi connectivity index (χ2v) is 5.52. The SMILES string of the molecule is Nc1cc(C(=O)Nc2nc3ccc(Cl)cc3s2)ccn1. The zero-order valence-electron chi connectivity index (χ0n) is 10.1. The van der Waals surface area contributed by atoms with Crippen molar-refractivity contribution in [2.24, 2.45) is 0 Å². The monoisotopic (exact) mass is 304 g/mol. The number of fused-ring (bicyclic) bond motifs is 1. The Labute approximate surface area is 123 Å². The molecule has 0 spiro atoms. The van der Waals surface area contributed by atoms with Gasteiger partial charge in [-0.2, -0.15) is 0 Å². The summed E-state index contributed by atoms with van der Waals surface area (Å²) in [4.78, 5) is 20.2. The van der Waals surface area contributed by atoms with Gasteiger partial charge >= 0.3 is 0 Å². The van der Waals surface area contributed by atoms with Gasteiger partial charge in [0.25, 0.3) is 5.91 Å². The number of rotatable bonds is 2. The third kappa shape index (κ3) is 2.56. The minimum Gasteiger partial charge on any atom is -0.384 e. The Kier molecular flexibility index (Phi) is 3.25. The molecule has 0 aliphatic rings. The first-order chi connectivity index (χ1) is 9.61. The fourth-order valence-electron chi connectivity index (χ4n) is 1.71. The van der Waals surface area contributed by atoms with E-state index in [0.717, 1.165) is 10.2 Å². The van der Waals surface area contributed by atoms with E-state index < -0.39 is 0 Å². The van der Waals surface area contributed by atoms with E-state index in [9.17, 15) is 4.79 Å². The van der Waals surface area contributed by atoms with Crippen LogP contribution in [0.15, 0.2) is 36.5 Å². The number of nitrogen functional groups attached to an aromatic ring is 1. The molecule has 1 amide bonds. The topological polar surface area (TPSA) is 80.9 Å². The molecular weight excluding hydrogens is 296 g/mol. The molecule has 0 saturated carbocycles. The molecule has 0 aliphatic carbocycles. The molecular formula is C13H9ClN4OS. The maximum Gasteiger partial charge on any atom is 0.257 e. The van der Waals surface area contributed by atoms with Crippen LogP contribution in [0.1, 0.15) is 10.4 Å². The first-order valence-electron chi connectivity index (χ1n) is 5.71. The van der Waals surface area contributed by atoms with Crippen LogP contribution in [0.5, 0.6) is 0 Å². The number of carbonyl (C=O) groups is 1. The summed E-state index contributed by atoms with van der Waals surface area (Å²) in [5.74, 6) is 0.0259.